The number of alkyl halides is 2. The van der Waals surface area contributed by atoms with E-state index < -0.39 is 11.5 Å². The fourth-order valence-electron chi connectivity index (χ4n) is 6.86. The minimum absolute atomic E-state index is 0.0379. The van der Waals surface area contributed by atoms with Crippen LogP contribution in [0.4, 0.5) is 13.2 Å². The second-order valence-electron chi connectivity index (χ2n) is 12.7. The molecule has 1 aromatic heterocycles. The van der Waals surface area contributed by atoms with Gasteiger partial charge in [-0.15, -0.1) is 0 Å². The first-order valence-electron chi connectivity index (χ1n) is 14.8. The SMILES string of the molecule is CCCC(=O)N1CCCC1C1CC1.NC(=O)C1CC2(C1)CC(F)(F)C2.O=CNC1(c2nc3c(F)cccc3[nH]2)CC1. The van der Waals surface area contributed by atoms with Gasteiger partial charge in [0, 0.05) is 37.8 Å². The third kappa shape index (κ3) is 6.38. The Hall–Kier alpha value is -3.11. The molecule has 2 aromatic rings. The fourth-order valence-corrected chi connectivity index (χ4v) is 6.86. The third-order valence-corrected chi connectivity index (χ3v) is 9.28. The molecule has 11 heteroatoms. The minimum atomic E-state index is -2.47. The Bertz CT molecular complexity index is 1270. The highest BCUT2D eigenvalue weighted by Gasteiger charge is 2.62. The van der Waals surface area contributed by atoms with E-state index in [0.717, 1.165) is 38.1 Å². The highest BCUT2D eigenvalue weighted by molar-refractivity contribution is 5.78. The predicted molar refractivity (Wildman–Crippen MR) is 147 cm³/mol. The Morgan fingerprint density at radius 3 is 2.44 bits per heavy atom. The van der Waals surface area contributed by atoms with Crippen molar-refractivity contribution in [3.63, 3.8) is 0 Å². The van der Waals surface area contributed by atoms with Gasteiger partial charge in [-0.05, 0) is 81.3 Å². The Balaban J connectivity index is 0.000000125. The van der Waals surface area contributed by atoms with Gasteiger partial charge in [0.25, 0.3) is 0 Å². The van der Waals surface area contributed by atoms with Crippen LogP contribution in [0.2, 0.25) is 0 Å². The number of carbonyl (C=O) groups is 3. The molecule has 41 heavy (non-hydrogen) atoms. The van der Waals surface area contributed by atoms with E-state index in [0.29, 0.717) is 48.1 Å². The maximum absolute atomic E-state index is 13.4. The van der Waals surface area contributed by atoms with Crippen LogP contribution in [0.5, 0.6) is 0 Å². The number of hydrogen-bond acceptors (Lipinski definition) is 4. The van der Waals surface area contributed by atoms with Crippen LogP contribution < -0.4 is 11.1 Å². The van der Waals surface area contributed by atoms with Crippen molar-refractivity contribution in [2.45, 2.75) is 101 Å². The quantitative estimate of drug-likeness (QED) is 0.406. The first kappa shape index (κ1) is 29.4. The molecule has 4 saturated carbocycles. The van der Waals surface area contributed by atoms with Crippen LogP contribution in [0.15, 0.2) is 18.2 Å². The molecule has 0 bridgehead atoms. The average Bonchev–Trinajstić information content (AvgIpc) is 3.78. The van der Waals surface area contributed by atoms with Gasteiger partial charge in [0.15, 0.2) is 5.82 Å². The van der Waals surface area contributed by atoms with Crippen LogP contribution in [-0.2, 0) is 19.9 Å². The van der Waals surface area contributed by atoms with Gasteiger partial charge in [-0.1, -0.05) is 13.0 Å². The number of likely N-dealkylation sites (tertiary alicyclic amines) is 1. The number of nitrogens with one attached hydrogen (secondary N) is 2. The lowest BCUT2D eigenvalue weighted by molar-refractivity contribution is -0.206. The Kier molecular flexibility index (Phi) is 8.09. The summed E-state index contributed by atoms with van der Waals surface area (Å²) >= 11 is 0. The van der Waals surface area contributed by atoms with Crippen molar-refractivity contribution in [1.29, 1.82) is 0 Å². The molecule has 224 valence electrons. The fraction of sp³-hybridized carbons (Fsp3) is 0.667. The number of benzene rings is 1. The highest BCUT2D eigenvalue weighted by Crippen LogP contribution is 2.64. The molecular weight excluding hydrogens is 535 g/mol. The number of hydrogen-bond donors (Lipinski definition) is 3. The van der Waals surface area contributed by atoms with Crippen molar-refractivity contribution in [2.24, 2.45) is 23.0 Å². The van der Waals surface area contributed by atoms with Crippen LogP contribution in [0.25, 0.3) is 11.0 Å². The molecule has 4 aliphatic carbocycles. The van der Waals surface area contributed by atoms with Gasteiger partial charge < -0.3 is 20.9 Å². The second-order valence-corrected chi connectivity index (χ2v) is 12.7. The summed E-state index contributed by atoms with van der Waals surface area (Å²) in [4.78, 5) is 42.2. The molecule has 1 spiro atoms. The van der Waals surface area contributed by atoms with Crippen LogP contribution in [0, 0.1) is 23.1 Å². The zero-order valence-corrected chi connectivity index (χ0v) is 23.6. The summed E-state index contributed by atoms with van der Waals surface area (Å²) in [5, 5.41) is 2.73. The van der Waals surface area contributed by atoms with E-state index in [-0.39, 0.29) is 35.9 Å². The van der Waals surface area contributed by atoms with Crippen molar-refractivity contribution in [3.8, 4) is 0 Å². The third-order valence-electron chi connectivity index (χ3n) is 9.28. The van der Waals surface area contributed by atoms with Gasteiger partial charge in [-0.2, -0.15) is 0 Å². The number of imidazole rings is 1. The van der Waals surface area contributed by atoms with Gasteiger partial charge in [-0.25, -0.2) is 18.2 Å². The maximum atomic E-state index is 13.4. The molecule has 5 fully saturated rings. The van der Waals surface area contributed by atoms with Gasteiger partial charge in [0.2, 0.25) is 24.1 Å². The molecule has 8 nitrogen and oxygen atoms in total. The number of rotatable bonds is 7. The summed E-state index contributed by atoms with van der Waals surface area (Å²) in [7, 11) is 0. The highest BCUT2D eigenvalue weighted by atomic mass is 19.3. The number of amides is 3. The van der Waals surface area contributed by atoms with E-state index in [1.165, 1.54) is 31.7 Å². The maximum Gasteiger partial charge on any atom is 0.249 e. The van der Waals surface area contributed by atoms with Gasteiger partial charge in [0.05, 0.1) is 11.1 Å². The van der Waals surface area contributed by atoms with E-state index in [1.54, 1.807) is 12.1 Å². The molecule has 7 rings (SSSR count). The van der Waals surface area contributed by atoms with Crippen LogP contribution in [0.1, 0.15) is 89.8 Å². The molecule has 0 radical (unpaired) electrons. The molecule has 4 N–H and O–H groups in total. The normalized spacial score (nSPS) is 24.7. The van der Waals surface area contributed by atoms with Crippen molar-refractivity contribution in [2.75, 3.05) is 6.54 Å². The zero-order valence-electron chi connectivity index (χ0n) is 23.6. The van der Waals surface area contributed by atoms with E-state index in [2.05, 4.69) is 27.1 Å². The van der Waals surface area contributed by atoms with E-state index in [1.807, 2.05) is 0 Å². The smallest absolute Gasteiger partial charge is 0.249 e. The number of aromatic amines is 1. The van der Waals surface area contributed by atoms with Gasteiger partial charge >= 0.3 is 0 Å². The van der Waals surface area contributed by atoms with Crippen molar-refractivity contribution < 1.29 is 27.6 Å². The molecular formula is C30H40F3N5O3. The number of para-hydroxylation sites is 1. The molecule has 1 aliphatic heterocycles. The van der Waals surface area contributed by atoms with Gasteiger partial charge in [-0.3, -0.25) is 14.4 Å². The zero-order chi connectivity index (χ0) is 29.4. The van der Waals surface area contributed by atoms with Crippen LogP contribution in [-0.4, -0.2) is 51.6 Å². The van der Waals surface area contributed by atoms with E-state index in [9.17, 15) is 27.6 Å². The van der Waals surface area contributed by atoms with Crippen LogP contribution >= 0.6 is 0 Å². The summed E-state index contributed by atoms with van der Waals surface area (Å²) in [5.41, 5.74) is 5.42. The first-order valence-corrected chi connectivity index (χ1v) is 14.8. The largest absolute Gasteiger partial charge is 0.369 e. The lowest BCUT2D eigenvalue weighted by Crippen LogP contribution is -2.56. The van der Waals surface area contributed by atoms with Crippen molar-refractivity contribution in [3.05, 3.63) is 29.8 Å². The number of fused-ring (bicyclic) bond motifs is 1. The first-order chi connectivity index (χ1) is 19.5. The Labute approximate surface area is 238 Å². The average molecular weight is 576 g/mol. The number of halogens is 3. The number of nitrogens with two attached hydrogens (primary N) is 1. The summed E-state index contributed by atoms with van der Waals surface area (Å²) < 4.78 is 38.4. The molecule has 2 heterocycles. The summed E-state index contributed by atoms with van der Waals surface area (Å²) in [6, 6.07) is 5.40. The second kappa shape index (κ2) is 11.3. The monoisotopic (exact) mass is 575 g/mol. The van der Waals surface area contributed by atoms with E-state index in [4.69, 9.17) is 5.73 Å². The Morgan fingerprint density at radius 1 is 1.20 bits per heavy atom. The standard InChI is InChI=1S/C11H10FN3O.C11H19NO.C8H11F2NO/c12-7-2-1-3-8-9(7)15-10(14-8)11(4-5-11)13-6-16;1-2-4-11(13)12-8-3-5-10(12)9-6-7-9;9-8(10)3-7(4-8)1-5(2-7)6(11)12/h1-3,6H,4-5H2,(H,13,16)(H,14,15);9-10H,2-8H2,1H3;5H,1-4H2,(H2,11,12). The lowest BCUT2D eigenvalue weighted by atomic mass is 9.50. The number of H-pyrrole nitrogens is 1. The number of carbonyl (C=O) groups excluding carboxylic acids is 3. The summed E-state index contributed by atoms with van der Waals surface area (Å²) in [5.74, 6) is -1.39. The lowest BCUT2D eigenvalue weighted by Gasteiger charge is -2.56. The number of nitrogens with zero attached hydrogens (tertiary/aromatic N) is 2. The molecule has 3 amide bonds. The van der Waals surface area contributed by atoms with Crippen molar-refractivity contribution >= 4 is 29.3 Å². The van der Waals surface area contributed by atoms with Gasteiger partial charge in [0.1, 0.15) is 11.3 Å². The molecule has 1 atom stereocenters. The number of aromatic nitrogens is 2. The molecule has 5 aliphatic rings. The molecule has 1 aromatic carbocycles. The summed E-state index contributed by atoms with van der Waals surface area (Å²) in [6.45, 7) is 3.11. The van der Waals surface area contributed by atoms with Crippen LogP contribution in [0.3, 0.4) is 0 Å². The molecule has 1 saturated heterocycles. The molecule has 1 unspecified atom stereocenters. The minimum Gasteiger partial charge on any atom is -0.369 e. The van der Waals surface area contributed by atoms with Crippen molar-refractivity contribution in [1.82, 2.24) is 20.2 Å². The topological polar surface area (TPSA) is 121 Å². The summed E-state index contributed by atoms with van der Waals surface area (Å²) in [6.07, 6.45) is 10.4. The Morgan fingerprint density at radius 2 is 1.90 bits per heavy atom. The number of primary amides is 1. The van der Waals surface area contributed by atoms with E-state index >= 15 is 0 Å². The predicted octanol–water partition coefficient (Wildman–Crippen LogP) is 4.92.